The highest BCUT2D eigenvalue weighted by Gasteiger charge is 2.12. The van der Waals surface area contributed by atoms with Crippen LogP contribution in [0, 0.1) is 0 Å². The van der Waals surface area contributed by atoms with Gasteiger partial charge in [-0.2, -0.15) is 0 Å². The molecule has 0 aromatic heterocycles. The summed E-state index contributed by atoms with van der Waals surface area (Å²) in [7, 11) is 1.66. The molecule has 0 aliphatic rings. The first kappa shape index (κ1) is 12.9. The summed E-state index contributed by atoms with van der Waals surface area (Å²) >= 11 is 0. The second-order valence-electron chi connectivity index (χ2n) is 1.87. The van der Waals surface area contributed by atoms with Gasteiger partial charge in [0, 0.05) is 6.54 Å². The van der Waals surface area contributed by atoms with E-state index in [1.54, 1.807) is 7.05 Å². The quantitative estimate of drug-likeness (QED) is 0.461. The van der Waals surface area contributed by atoms with Gasteiger partial charge in [-0.1, -0.05) is 0 Å². The number of hydrogen-bond acceptors (Lipinski definition) is 4. The summed E-state index contributed by atoms with van der Waals surface area (Å²) < 4.78 is 0. The van der Waals surface area contributed by atoms with Gasteiger partial charge in [0.05, 0.1) is 12.7 Å². The summed E-state index contributed by atoms with van der Waals surface area (Å²) in [6, 6.07) is 0. The van der Waals surface area contributed by atoms with Crippen LogP contribution in [-0.4, -0.2) is 47.7 Å². The maximum Gasteiger partial charge on any atom is 0.104 e. The zero-order chi connectivity index (χ0) is 7.28. The van der Waals surface area contributed by atoms with Gasteiger partial charge in [-0.25, -0.2) is 0 Å². The number of halogens is 1. The molecule has 0 aliphatic carbocycles. The molecule has 0 bridgehead atoms. The number of aliphatic hydroxyl groups excluding tert-OH is 3. The van der Waals surface area contributed by atoms with Gasteiger partial charge < -0.3 is 20.6 Å². The van der Waals surface area contributed by atoms with Crippen LogP contribution in [0.2, 0.25) is 0 Å². The fourth-order valence-corrected chi connectivity index (χ4v) is 0.467. The molecule has 0 fully saturated rings. The molecule has 2 unspecified atom stereocenters. The molecule has 2 atom stereocenters. The maximum absolute atomic E-state index is 8.85. The minimum atomic E-state index is -1.03. The second-order valence-corrected chi connectivity index (χ2v) is 1.87. The van der Waals surface area contributed by atoms with Gasteiger partial charge in [-0.3, -0.25) is 0 Å². The van der Waals surface area contributed by atoms with Crippen LogP contribution in [0.4, 0.5) is 0 Å². The van der Waals surface area contributed by atoms with E-state index >= 15 is 0 Å². The highest BCUT2D eigenvalue weighted by molar-refractivity contribution is 8.93. The summed E-state index contributed by atoms with van der Waals surface area (Å²) in [5.74, 6) is 0. The lowest BCUT2D eigenvalue weighted by Gasteiger charge is -2.13. The normalized spacial score (nSPS) is 15.6. The molecule has 0 aliphatic heterocycles. The van der Waals surface area contributed by atoms with Crippen LogP contribution in [-0.2, 0) is 0 Å². The van der Waals surface area contributed by atoms with Gasteiger partial charge in [-0.15, -0.1) is 17.0 Å². The Hall–Kier alpha value is 0.320. The lowest BCUT2D eigenvalue weighted by molar-refractivity contribution is -0.0120. The van der Waals surface area contributed by atoms with Crippen molar-refractivity contribution < 1.29 is 15.3 Å². The first-order chi connectivity index (χ1) is 4.22. The number of nitrogens with one attached hydrogen (secondary N) is 1. The Kier molecular flexibility index (Phi) is 9.62. The third kappa shape index (κ3) is 5.13. The van der Waals surface area contributed by atoms with E-state index in [1.165, 1.54) is 0 Å². The van der Waals surface area contributed by atoms with Gasteiger partial charge in [0.15, 0.2) is 0 Å². The smallest absolute Gasteiger partial charge is 0.104 e. The van der Waals surface area contributed by atoms with E-state index in [0.717, 1.165) is 0 Å². The lowest BCUT2D eigenvalue weighted by Crippen LogP contribution is -2.36. The lowest BCUT2D eigenvalue weighted by atomic mass is 10.2. The Bertz CT molecular complexity index is 73.9. The van der Waals surface area contributed by atoms with Crippen molar-refractivity contribution in [2.45, 2.75) is 12.2 Å². The third-order valence-corrected chi connectivity index (χ3v) is 1.04. The van der Waals surface area contributed by atoms with E-state index in [0.29, 0.717) is 6.54 Å². The van der Waals surface area contributed by atoms with Crippen molar-refractivity contribution >= 4 is 17.0 Å². The fraction of sp³-hybridized carbons (Fsp3) is 1.00. The first-order valence-electron chi connectivity index (χ1n) is 2.84. The summed E-state index contributed by atoms with van der Waals surface area (Å²) in [4.78, 5) is 0. The van der Waals surface area contributed by atoms with Crippen molar-refractivity contribution in [2.24, 2.45) is 0 Å². The molecule has 0 heterocycles. The Morgan fingerprint density at radius 2 is 1.80 bits per heavy atom. The molecular weight excluding hydrogens is 202 g/mol. The molecule has 0 aromatic rings. The predicted molar refractivity (Wildman–Crippen MR) is 43.3 cm³/mol. The fourth-order valence-electron chi connectivity index (χ4n) is 0.467. The van der Waals surface area contributed by atoms with E-state index in [2.05, 4.69) is 5.32 Å². The number of aliphatic hydroxyl groups is 3. The summed E-state index contributed by atoms with van der Waals surface area (Å²) in [5, 5.41) is 28.5. The molecule has 4 nitrogen and oxygen atoms in total. The van der Waals surface area contributed by atoms with Crippen molar-refractivity contribution in [3.8, 4) is 0 Å². The van der Waals surface area contributed by atoms with Crippen LogP contribution in [0.3, 0.4) is 0 Å². The van der Waals surface area contributed by atoms with Crippen molar-refractivity contribution in [3.05, 3.63) is 0 Å². The zero-order valence-electron chi connectivity index (χ0n) is 5.82. The molecule has 0 saturated heterocycles. The Morgan fingerprint density at radius 1 is 1.30 bits per heavy atom. The summed E-state index contributed by atoms with van der Waals surface area (Å²) in [5.41, 5.74) is 0. The van der Waals surface area contributed by atoms with E-state index in [9.17, 15) is 0 Å². The second kappa shape index (κ2) is 7.43. The van der Waals surface area contributed by atoms with Crippen LogP contribution in [0.25, 0.3) is 0 Å². The molecule has 0 rings (SSSR count). The van der Waals surface area contributed by atoms with Crippen LogP contribution < -0.4 is 5.32 Å². The van der Waals surface area contributed by atoms with Crippen molar-refractivity contribution in [1.29, 1.82) is 0 Å². The van der Waals surface area contributed by atoms with Gasteiger partial charge in [-0.05, 0) is 7.05 Å². The van der Waals surface area contributed by atoms with E-state index in [1.807, 2.05) is 0 Å². The average Bonchev–Trinajstić information content (AvgIpc) is 1.87. The monoisotopic (exact) mass is 215 g/mol. The molecular formula is C5H14BrNO3. The molecule has 0 aromatic carbocycles. The van der Waals surface area contributed by atoms with Crippen LogP contribution in [0.5, 0.6) is 0 Å². The topological polar surface area (TPSA) is 72.7 Å². The van der Waals surface area contributed by atoms with Crippen LogP contribution in [0.1, 0.15) is 0 Å². The van der Waals surface area contributed by atoms with Crippen LogP contribution in [0.15, 0.2) is 0 Å². The molecule has 10 heavy (non-hydrogen) atoms. The number of hydrogen-bond donors (Lipinski definition) is 4. The first-order valence-corrected chi connectivity index (χ1v) is 2.84. The van der Waals surface area contributed by atoms with Crippen molar-refractivity contribution in [2.75, 3.05) is 20.2 Å². The molecule has 0 amide bonds. The van der Waals surface area contributed by atoms with E-state index in [4.69, 9.17) is 15.3 Å². The Labute approximate surface area is 70.6 Å². The standard InChI is InChI=1S/C5H13NO3.BrH/c1-6-2-4(8)5(9)3-7;/h4-9H,2-3H2,1H3;1H. The van der Waals surface area contributed by atoms with Gasteiger partial charge in [0.2, 0.25) is 0 Å². The molecule has 64 valence electrons. The van der Waals surface area contributed by atoms with E-state index < -0.39 is 18.8 Å². The average molecular weight is 216 g/mol. The minimum absolute atomic E-state index is 0. The van der Waals surface area contributed by atoms with Crippen molar-refractivity contribution in [3.63, 3.8) is 0 Å². The highest BCUT2D eigenvalue weighted by atomic mass is 79.9. The third-order valence-electron chi connectivity index (χ3n) is 1.04. The SMILES string of the molecule is Br.CNCC(O)C(O)CO. The highest BCUT2D eigenvalue weighted by Crippen LogP contribution is 1.88. The molecule has 0 spiro atoms. The van der Waals surface area contributed by atoms with Crippen molar-refractivity contribution in [1.82, 2.24) is 5.32 Å². The summed E-state index contributed by atoms with van der Waals surface area (Å²) in [6.45, 7) is -0.107. The Balaban J connectivity index is 0. The van der Waals surface area contributed by atoms with Crippen LogP contribution >= 0.6 is 17.0 Å². The molecule has 4 N–H and O–H groups in total. The number of rotatable bonds is 4. The molecule has 0 radical (unpaired) electrons. The molecule has 5 heteroatoms. The zero-order valence-corrected chi connectivity index (χ0v) is 7.53. The minimum Gasteiger partial charge on any atom is -0.394 e. The predicted octanol–water partition coefficient (Wildman–Crippen LogP) is -1.50. The number of likely N-dealkylation sites (N-methyl/N-ethyl adjacent to an activating group) is 1. The summed E-state index contributed by atoms with van der Waals surface area (Å²) in [6.07, 6.45) is -1.91. The van der Waals surface area contributed by atoms with Gasteiger partial charge >= 0.3 is 0 Å². The van der Waals surface area contributed by atoms with Gasteiger partial charge in [0.1, 0.15) is 6.10 Å². The molecule has 0 saturated carbocycles. The Morgan fingerprint density at radius 3 is 2.10 bits per heavy atom. The maximum atomic E-state index is 8.85. The van der Waals surface area contributed by atoms with E-state index in [-0.39, 0.29) is 17.0 Å². The largest absolute Gasteiger partial charge is 0.394 e. The van der Waals surface area contributed by atoms with Gasteiger partial charge in [0.25, 0.3) is 0 Å².